The van der Waals surface area contributed by atoms with Crippen molar-refractivity contribution in [3.05, 3.63) is 42.0 Å². The fraction of sp³-hybridized carbons (Fsp3) is 0.286. The summed E-state index contributed by atoms with van der Waals surface area (Å²) in [6.07, 6.45) is -1.29. The number of para-hydroxylation sites is 1. The topological polar surface area (TPSA) is 82.1 Å². The van der Waals surface area contributed by atoms with E-state index in [-0.39, 0.29) is 16.9 Å². The van der Waals surface area contributed by atoms with E-state index < -0.39 is 23.6 Å². The van der Waals surface area contributed by atoms with Gasteiger partial charge in [0.05, 0.1) is 19.8 Å². The van der Waals surface area contributed by atoms with Crippen molar-refractivity contribution in [3.8, 4) is 5.75 Å². The van der Waals surface area contributed by atoms with Crippen molar-refractivity contribution >= 4 is 11.9 Å². The van der Waals surface area contributed by atoms with Gasteiger partial charge in [0.25, 0.3) is 0 Å². The maximum absolute atomic E-state index is 12.0. The summed E-state index contributed by atoms with van der Waals surface area (Å²) >= 11 is 0. The summed E-state index contributed by atoms with van der Waals surface area (Å²) in [6.45, 7) is 3.54. The zero-order valence-electron chi connectivity index (χ0n) is 11.1. The zero-order chi connectivity index (χ0) is 14.9. The molecule has 1 aromatic rings. The van der Waals surface area contributed by atoms with E-state index in [0.717, 1.165) is 7.11 Å². The second kappa shape index (κ2) is 4.97. The molecule has 0 unspecified atom stereocenters. The Labute approximate surface area is 115 Å². The van der Waals surface area contributed by atoms with Crippen LogP contribution >= 0.6 is 0 Å². The van der Waals surface area contributed by atoms with Crippen molar-refractivity contribution in [1.29, 1.82) is 0 Å². The van der Waals surface area contributed by atoms with Crippen LogP contribution in [0.4, 0.5) is 0 Å². The summed E-state index contributed by atoms with van der Waals surface area (Å²) in [5.41, 5.74) is -2.07. The fourth-order valence-corrected chi connectivity index (χ4v) is 2.17. The summed E-state index contributed by atoms with van der Waals surface area (Å²) in [4.78, 5) is 23.6. The van der Waals surface area contributed by atoms with Crippen LogP contribution in [0.15, 0.2) is 36.4 Å². The van der Waals surface area contributed by atoms with Crippen LogP contribution in [-0.4, -0.2) is 37.4 Å². The van der Waals surface area contributed by atoms with E-state index in [1.54, 1.807) is 18.2 Å². The van der Waals surface area contributed by atoms with Crippen LogP contribution in [0.1, 0.15) is 5.56 Å². The molecule has 0 saturated heterocycles. The number of methoxy groups -OCH3 is 2. The van der Waals surface area contributed by atoms with Gasteiger partial charge in [0.2, 0.25) is 5.60 Å². The highest BCUT2D eigenvalue weighted by atomic mass is 16.6. The van der Waals surface area contributed by atoms with E-state index in [9.17, 15) is 14.7 Å². The van der Waals surface area contributed by atoms with Crippen molar-refractivity contribution < 1.29 is 28.9 Å². The van der Waals surface area contributed by atoms with E-state index in [1.807, 2.05) is 0 Å². The first kappa shape index (κ1) is 14.1. The monoisotopic (exact) mass is 278 g/mol. The third-order valence-corrected chi connectivity index (χ3v) is 3.18. The van der Waals surface area contributed by atoms with E-state index in [1.165, 1.54) is 13.2 Å². The van der Waals surface area contributed by atoms with Gasteiger partial charge in [-0.25, -0.2) is 9.59 Å². The molecular formula is C14H14O6. The Bertz CT molecular complexity index is 579. The molecule has 1 aliphatic heterocycles. The lowest BCUT2D eigenvalue weighted by Crippen LogP contribution is -2.48. The SMILES string of the molecule is C=C(C(=O)OC)[C@H]1Oc2ccccc2[C@]1(O)C(=O)OC. The molecule has 0 bridgehead atoms. The van der Waals surface area contributed by atoms with Crippen LogP contribution in [0.5, 0.6) is 5.75 Å². The van der Waals surface area contributed by atoms with Gasteiger partial charge < -0.3 is 19.3 Å². The predicted octanol–water partition coefficient (Wildman–Crippen LogP) is 0.537. The number of benzene rings is 1. The number of carbonyl (C=O) groups excluding carboxylic acids is 2. The van der Waals surface area contributed by atoms with Gasteiger partial charge in [-0.15, -0.1) is 0 Å². The highest BCUT2D eigenvalue weighted by Gasteiger charge is 2.57. The molecule has 1 heterocycles. The Kier molecular flexibility index (Phi) is 3.50. The summed E-state index contributed by atoms with van der Waals surface area (Å²) in [5, 5.41) is 10.7. The lowest BCUT2D eigenvalue weighted by molar-refractivity contribution is -0.169. The summed E-state index contributed by atoms with van der Waals surface area (Å²) < 4.78 is 14.7. The van der Waals surface area contributed by atoms with Crippen molar-refractivity contribution in [2.45, 2.75) is 11.7 Å². The number of hydrogen-bond acceptors (Lipinski definition) is 6. The van der Waals surface area contributed by atoms with Crippen molar-refractivity contribution in [1.82, 2.24) is 0 Å². The number of hydrogen-bond donors (Lipinski definition) is 1. The van der Waals surface area contributed by atoms with Gasteiger partial charge in [-0.1, -0.05) is 24.8 Å². The first-order chi connectivity index (χ1) is 9.46. The highest BCUT2D eigenvalue weighted by molar-refractivity contribution is 5.93. The quantitative estimate of drug-likeness (QED) is 0.642. The Morgan fingerprint density at radius 1 is 1.30 bits per heavy atom. The van der Waals surface area contributed by atoms with Crippen LogP contribution < -0.4 is 4.74 Å². The zero-order valence-corrected chi connectivity index (χ0v) is 11.1. The molecule has 0 aromatic heterocycles. The van der Waals surface area contributed by atoms with Gasteiger partial charge in [0, 0.05) is 5.56 Å². The Morgan fingerprint density at radius 3 is 2.55 bits per heavy atom. The lowest BCUT2D eigenvalue weighted by Gasteiger charge is -2.26. The molecule has 6 nitrogen and oxygen atoms in total. The van der Waals surface area contributed by atoms with E-state index in [0.29, 0.717) is 0 Å². The van der Waals surface area contributed by atoms with E-state index >= 15 is 0 Å². The highest BCUT2D eigenvalue weighted by Crippen LogP contribution is 2.44. The van der Waals surface area contributed by atoms with Crippen molar-refractivity contribution in [2.75, 3.05) is 14.2 Å². The molecule has 6 heteroatoms. The van der Waals surface area contributed by atoms with Crippen molar-refractivity contribution in [2.24, 2.45) is 0 Å². The van der Waals surface area contributed by atoms with Gasteiger partial charge in [-0.05, 0) is 6.07 Å². The molecule has 0 amide bonds. The molecule has 0 spiro atoms. The minimum Gasteiger partial charge on any atom is -0.481 e. The van der Waals surface area contributed by atoms with Gasteiger partial charge in [-0.2, -0.15) is 0 Å². The Morgan fingerprint density at radius 2 is 1.95 bits per heavy atom. The molecule has 2 rings (SSSR count). The van der Waals surface area contributed by atoms with Crippen LogP contribution in [-0.2, 0) is 24.7 Å². The minimum atomic E-state index is -2.13. The number of aliphatic hydroxyl groups is 1. The number of esters is 2. The van der Waals surface area contributed by atoms with E-state index in [4.69, 9.17) is 4.74 Å². The largest absolute Gasteiger partial charge is 0.481 e. The smallest absolute Gasteiger partial charge is 0.347 e. The molecule has 20 heavy (non-hydrogen) atoms. The first-order valence-electron chi connectivity index (χ1n) is 5.80. The maximum Gasteiger partial charge on any atom is 0.347 e. The Balaban J connectivity index is 2.52. The molecule has 106 valence electrons. The molecule has 1 N–H and O–H groups in total. The average Bonchev–Trinajstić information content (AvgIpc) is 2.79. The normalized spacial score (nSPS) is 23.4. The maximum atomic E-state index is 12.0. The Hall–Kier alpha value is -2.34. The van der Waals surface area contributed by atoms with Crippen LogP contribution in [0.2, 0.25) is 0 Å². The third-order valence-electron chi connectivity index (χ3n) is 3.18. The number of carbonyl (C=O) groups is 2. The second-order valence-corrected chi connectivity index (χ2v) is 4.27. The van der Waals surface area contributed by atoms with Crippen LogP contribution in [0.25, 0.3) is 0 Å². The van der Waals surface area contributed by atoms with Gasteiger partial charge in [0.15, 0.2) is 6.10 Å². The molecule has 0 radical (unpaired) electrons. The van der Waals surface area contributed by atoms with Gasteiger partial charge in [0.1, 0.15) is 5.75 Å². The lowest BCUT2D eigenvalue weighted by atomic mass is 9.86. The van der Waals surface area contributed by atoms with Crippen LogP contribution in [0.3, 0.4) is 0 Å². The summed E-state index contributed by atoms with van der Waals surface area (Å²) in [7, 11) is 2.31. The van der Waals surface area contributed by atoms with Gasteiger partial charge >= 0.3 is 11.9 Å². The number of fused-ring (bicyclic) bond motifs is 1. The molecule has 1 aliphatic rings. The number of ether oxygens (including phenoxy) is 3. The molecule has 0 aliphatic carbocycles. The standard InChI is InChI=1S/C14H14O6/c1-8(12(15)18-2)11-14(17,13(16)19-3)9-6-4-5-7-10(9)20-11/h4-7,11,17H,1H2,2-3H3/t11-,14-/m1/s1. The molecule has 0 saturated carbocycles. The van der Waals surface area contributed by atoms with Gasteiger partial charge in [-0.3, -0.25) is 0 Å². The first-order valence-corrected chi connectivity index (χ1v) is 5.80. The van der Waals surface area contributed by atoms with Crippen LogP contribution in [0, 0.1) is 0 Å². The summed E-state index contributed by atoms with van der Waals surface area (Å²) in [6, 6.07) is 6.42. The molecular weight excluding hydrogens is 264 g/mol. The average molecular weight is 278 g/mol. The van der Waals surface area contributed by atoms with E-state index in [2.05, 4.69) is 16.1 Å². The predicted molar refractivity (Wildman–Crippen MR) is 67.9 cm³/mol. The van der Waals surface area contributed by atoms with Crippen molar-refractivity contribution in [3.63, 3.8) is 0 Å². The third kappa shape index (κ3) is 1.85. The molecule has 2 atom stereocenters. The minimum absolute atomic E-state index is 0.170. The fourth-order valence-electron chi connectivity index (χ4n) is 2.17. The molecule has 0 fully saturated rings. The summed E-state index contributed by atoms with van der Waals surface area (Å²) in [5.74, 6) is -1.42. The second-order valence-electron chi connectivity index (χ2n) is 4.27. The number of rotatable bonds is 3. The molecule has 1 aromatic carbocycles.